The lowest BCUT2D eigenvalue weighted by molar-refractivity contribution is -0.114. The Hall–Kier alpha value is -2.66. The van der Waals surface area contributed by atoms with Crippen LogP contribution >= 0.6 is 34.4 Å². The zero-order chi connectivity index (χ0) is 24.1. The number of amidine groups is 2. The average Bonchev–Trinajstić information content (AvgIpc) is 3.23. The standard InChI is InChI=1S/C25H25IN4O3S/c1-3-5-11-21-29-30-23(27)18(24(31)28-25(30)34-21)12-17-13-19(26)22(20(14-17)32-4-2)33-15-16-9-7-6-8-10-16/h6-10,12-14,27H,3-5,11,15H2,1-2H3/b18-12-,27-23?. The molecule has 1 N–H and O–H groups in total. The Morgan fingerprint density at radius 3 is 2.71 bits per heavy atom. The fourth-order valence-corrected chi connectivity index (χ4v) is 5.14. The molecule has 0 aromatic heterocycles. The third kappa shape index (κ3) is 5.52. The van der Waals surface area contributed by atoms with Crippen molar-refractivity contribution in [3.05, 3.63) is 62.7 Å². The van der Waals surface area contributed by atoms with E-state index in [4.69, 9.17) is 14.9 Å². The monoisotopic (exact) mass is 588 g/mol. The number of rotatable bonds is 9. The van der Waals surface area contributed by atoms with Gasteiger partial charge in [0, 0.05) is 0 Å². The summed E-state index contributed by atoms with van der Waals surface area (Å²) in [5, 5.41) is 15.9. The molecular weight excluding hydrogens is 563 g/mol. The predicted molar refractivity (Wildman–Crippen MR) is 146 cm³/mol. The molecule has 2 aliphatic rings. The molecule has 4 rings (SSSR count). The number of hydrogen-bond donors (Lipinski definition) is 1. The molecule has 0 bridgehead atoms. The molecule has 0 aliphatic carbocycles. The zero-order valence-corrected chi connectivity index (χ0v) is 22.0. The molecule has 2 heterocycles. The first-order chi connectivity index (χ1) is 16.5. The maximum Gasteiger partial charge on any atom is 0.283 e. The number of fused-ring (bicyclic) bond motifs is 1. The first kappa shape index (κ1) is 24.5. The summed E-state index contributed by atoms with van der Waals surface area (Å²) in [7, 11) is 0. The molecule has 0 spiro atoms. The molecule has 2 aromatic carbocycles. The molecule has 1 amide bonds. The molecule has 0 saturated carbocycles. The van der Waals surface area contributed by atoms with Crippen molar-refractivity contribution in [2.45, 2.75) is 39.7 Å². The fraction of sp³-hybridized carbons (Fsp3) is 0.280. The number of nitrogens with one attached hydrogen (secondary N) is 1. The number of halogens is 1. The first-order valence-corrected chi connectivity index (χ1v) is 13.0. The highest BCUT2D eigenvalue weighted by molar-refractivity contribution is 14.1. The van der Waals surface area contributed by atoms with Gasteiger partial charge in [-0.15, -0.1) is 0 Å². The van der Waals surface area contributed by atoms with Gasteiger partial charge >= 0.3 is 0 Å². The Kier molecular flexibility index (Phi) is 8.04. The minimum absolute atomic E-state index is 0.0337. The molecule has 9 heteroatoms. The van der Waals surface area contributed by atoms with Crippen LogP contribution in [0.2, 0.25) is 0 Å². The molecule has 0 radical (unpaired) electrons. The maximum absolute atomic E-state index is 12.7. The second-order valence-electron chi connectivity index (χ2n) is 7.65. The summed E-state index contributed by atoms with van der Waals surface area (Å²) in [6.07, 6.45) is 4.55. The number of aliphatic imine (C=N–C) groups is 1. The molecule has 34 heavy (non-hydrogen) atoms. The summed E-state index contributed by atoms with van der Waals surface area (Å²) < 4.78 is 12.8. The van der Waals surface area contributed by atoms with Gasteiger partial charge in [0.1, 0.15) is 11.7 Å². The number of unbranched alkanes of at least 4 members (excludes halogenated alkanes) is 1. The zero-order valence-electron chi connectivity index (χ0n) is 19.0. The Balaban J connectivity index is 1.60. The van der Waals surface area contributed by atoms with Crippen molar-refractivity contribution in [3.8, 4) is 11.5 Å². The summed E-state index contributed by atoms with van der Waals surface area (Å²) in [6.45, 7) is 4.92. The summed E-state index contributed by atoms with van der Waals surface area (Å²) in [5.74, 6) is 0.840. The van der Waals surface area contributed by atoms with Crippen LogP contribution in [0.4, 0.5) is 0 Å². The summed E-state index contributed by atoms with van der Waals surface area (Å²) >= 11 is 3.57. The van der Waals surface area contributed by atoms with Crippen molar-refractivity contribution < 1.29 is 14.3 Å². The fourth-order valence-electron chi connectivity index (χ4n) is 3.43. The first-order valence-electron chi connectivity index (χ1n) is 11.1. The van der Waals surface area contributed by atoms with Crippen molar-refractivity contribution in [1.29, 1.82) is 5.41 Å². The third-order valence-corrected chi connectivity index (χ3v) is 6.88. The van der Waals surface area contributed by atoms with Gasteiger partial charge in [0.15, 0.2) is 17.3 Å². The van der Waals surface area contributed by atoms with Gasteiger partial charge in [0.05, 0.1) is 15.8 Å². The van der Waals surface area contributed by atoms with Crippen molar-refractivity contribution in [2.24, 2.45) is 10.1 Å². The highest BCUT2D eigenvalue weighted by Crippen LogP contribution is 2.36. The number of carbonyl (C=O) groups excluding carboxylic acids is 1. The van der Waals surface area contributed by atoms with Crippen molar-refractivity contribution >= 4 is 62.4 Å². The maximum atomic E-state index is 12.7. The number of benzene rings is 2. The van der Waals surface area contributed by atoms with Crippen LogP contribution in [0.15, 0.2) is 58.1 Å². The molecule has 2 aliphatic heterocycles. The molecule has 0 atom stereocenters. The molecule has 0 saturated heterocycles. The van der Waals surface area contributed by atoms with Crippen LogP contribution in [-0.2, 0) is 11.4 Å². The molecule has 0 fully saturated rings. The second-order valence-corrected chi connectivity index (χ2v) is 9.86. The van der Waals surface area contributed by atoms with Crippen LogP contribution in [-0.4, -0.2) is 33.6 Å². The van der Waals surface area contributed by atoms with Crippen LogP contribution < -0.4 is 9.47 Å². The normalized spacial score (nSPS) is 16.4. The number of hydrazone groups is 1. The van der Waals surface area contributed by atoms with Gasteiger partial charge in [-0.3, -0.25) is 10.2 Å². The number of thioether (sulfide) groups is 1. The highest BCUT2D eigenvalue weighted by Gasteiger charge is 2.35. The molecule has 7 nitrogen and oxygen atoms in total. The van der Waals surface area contributed by atoms with Crippen LogP contribution in [0, 0.1) is 8.98 Å². The minimum Gasteiger partial charge on any atom is -0.490 e. The van der Waals surface area contributed by atoms with E-state index in [1.54, 1.807) is 6.08 Å². The second kappa shape index (κ2) is 11.2. The van der Waals surface area contributed by atoms with Gasteiger partial charge in [0.2, 0.25) is 5.17 Å². The van der Waals surface area contributed by atoms with E-state index < -0.39 is 5.91 Å². The number of ether oxygens (including phenoxy) is 2. The van der Waals surface area contributed by atoms with E-state index in [-0.39, 0.29) is 11.4 Å². The third-order valence-electron chi connectivity index (χ3n) is 5.11. The summed E-state index contributed by atoms with van der Waals surface area (Å²) in [4.78, 5) is 16.9. The van der Waals surface area contributed by atoms with Crippen LogP contribution in [0.25, 0.3) is 6.08 Å². The van der Waals surface area contributed by atoms with E-state index in [0.717, 1.165) is 39.0 Å². The largest absolute Gasteiger partial charge is 0.490 e. The topological polar surface area (TPSA) is 87.3 Å². The number of nitrogens with zero attached hydrogens (tertiary/aromatic N) is 3. The number of hydrogen-bond acceptors (Lipinski definition) is 6. The van der Waals surface area contributed by atoms with Gasteiger partial charge in [-0.25, -0.2) is 0 Å². The molecule has 2 aromatic rings. The lowest BCUT2D eigenvalue weighted by Gasteiger charge is -2.20. The quantitative estimate of drug-likeness (QED) is 0.284. The van der Waals surface area contributed by atoms with Crippen molar-refractivity contribution in [1.82, 2.24) is 5.01 Å². The number of amides is 1. The molecule has 0 unspecified atom stereocenters. The van der Waals surface area contributed by atoms with Gasteiger partial charge < -0.3 is 9.47 Å². The SMILES string of the molecule is CCCCC1=NN2C(=N)/C(=C/c3cc(I)c(OCc4ccccc4)c(OCC)c3)C(=O)N=C2S1. The predicted octanol–water partition coefficient (Wildman–Crippen LogP) is 6.08. The minimum atomic E-state index is -0.437. The Labute approximate surface area is 217 Å². The van der Waals surface area contributed by atoms with Gasteiger partial charge in [-0.05, 0) is 83.5 Å². The summed E-state index contributed by atoms with van der Waals surface area (Å²) in [6, 6.07) is 13.7. The van der Waals surface area contributed by atoms with E-state index in [2.05, 4.69) is 39.6 Å². The van der Waals surface area contributed by atoms with Crippen LogP contribution in [0.1, 0.15) is 44.2 Å². The lowest BCUT2D eigenvalue weighted by atomic mass is 10.1. The Morgan fingerprint density at radius 1 is 1.18 bits per heavy atom. The van der Waals surface area contributed by atoms with Crippen molar-refractivity contribution in [3.63, 3.8) is 0 Å². The van der Waals surface area contributed by atoms with E-state index in [0.29, 0.717) is 29.9 Å². The summed E-state index contributed by atoms with van der Waals surface area (Å²) in [5.41, 5.74) is 1.99. The smallest absolute Gasteiger partial charge is 0.283 e. The van der Waals surface area contributed by atoms with Crippen molar-refractivity contribution in [2.75, 3.05) is 6.61 Å². The van der Waals surface area contributed by atoms with Gasteiger partial charge in [-0.2, -0.15) is 15.1 Å². The Morgan fingerprint density at radius 2 is 1.97 bits per heavy atom. The van der Waals surface area contributed by atoms with E-state index in [1.807, 2.05) is 49.4 Å². The van der Waals surface area contributed by atoms with Gasteiger partial charge in [-0.1, -0.05) is 43.7 Å². The average molecular weight is 588 g/mol. The Bertz CT molecular complexity index is 1190. The van der Waals surface area contributed by atoms with Gasteiger partial charge in [0.25, 0.3) is 5.91 Å². The lowest BCUT2D eigenvalue weighted by Crippen LogP contribution is -2.35. The number of carbonyl (C=O) groups is 1. The van der Waals surface area contributed by atoms with E-state index in [9.17, 15) is 4.79 Å². The highest BCUT2D eigenvalue weighted by atomic mass is 127. The van der Waals surface area contributed by atoms with E-state index in [1.165, 1.54) is 16.8 Å². The molecular formula is C25H25IN4O3S. The molecule has 176 valence electrons. The van der Waals surface area contributed by atoms with Crippen LogP contribution in [0.5, 0.6) is 11.5 Å². The van der Waals surface area contributed by atoms with E-state index >= 15 is 0 Å². The van der Waals surface area contributed by atoms with Crippen LogP contribution in [0.3, 0.4) is 0 Å².